The smallest absolute Gasteiger partial charge is 0.0214 e. The molecule has 0 bridgehead atoms. The summed E-state index contributed by atoms with van der Waals surface area (Å²) < 4.78 is 0. The van der Waals surface area contributed by atoms with Gasteiger partial charge in [0.15, 0.2) is 0 Å². The zero-order valence-electron chi connectivity index (χ0n) is 7.55. The summed E-state index contributed by atoms with van der Waals surface area (Å²) in [7, 11) is 0. The molecule has 0 saturated heterocycles. The summed E-state index contributed by atoms with van der Waals surface area (Å²) >= 11 is 0. The highest BCUT2D eigenvalue weighted by Gasteiger charge is 2.11. The van der Waals surface area contributed by atoms with Crippen LogP contribution in [0.4, 0.5) is 0 Å². The molecular formula is C11H14ClN. The molecule has 1 aliphatic heterocycles. The van der Waals surface area contributed by atoms with Gasteiger partial charge < -0.3 is 5.32 Å². The van der Waals surface area contributed by atoms with Crippen LogP contribution >= 0.6 is 12.4 Å². The molecule has 0 radical (unpaired) electrons. The van der Waals surface area contributed by atoms with E-state index in [0.29, 0.717) is 0 Å². The molecule has 0 amide bonds. The van der Waals surface area contributed by atoms with E-state index < -0.39 is 0 Å². The maximum absolute atomic E-state index is 3.76. The van der Waals surface area contributed by atoms with Crippen LogP contribution in [0.1, 0.15) is 16.7 Å². The van der Waals surface area contributed by atoms with Gasteiger partial charge in [-0.2, -0.15) is 0 Å². The highest BCUT2D eigenvalue weighted by atomic mass is 35.5. The minimum atomic E-state index is 0. The summed E-state index contributed by atoms with van der Waals surface area (Å²) in [6, 6.07) is 6.51. The van der Waals surface area contributed by atoms with Crippen LogP contribution in [0, 0.1) is 0 Å². The van der Waals surface area contributed by atoms with Crippen LogP contribution in [0.2, 0.25) is 0 Å². The van der Waals surface area contributed by atoms with Crippen molar-refractivity contribution < 1.29 is 0 Å². The molecule has 0 saturated carbocycles. The topological polar surface area (TPSA) is 12.0 Å². The van der Waals surface area contributed by atoms with Crippen LogP contribution in [0.25, 0.3) is 0 Å². The lowest BCUT2D eigenvalue weighted by molar-refractivity contribution is 0.762. The number of hydrogen-bond acceptors (Lipinski definition) is 1. The standard InChI is InChI=1S/C11H13N.ClH/c1-2-4-9-5-3-6-10-7-12-8-11(9)10;/h2-3,5-6,12H,1,4,7-8H2;1H. The lowest BCUT2D eigenvalue weighted by Crippen LogP contribution is -2.00. The third-order valence-corrected chi connectivity index (χ3v) is 2.35. The molecule has 1 aromatic carbocycles. The fourth-order valence-electron chi connectivity index (χ4n) is 1.75. The maximum atomic E-state index is 3.76. The second-order valence-corrected chi connectivity index (χ2v) is 3.15. The molecule has 1 N–H and O–H groups in total. The van der Waals surface area contributed by atoms with E-state index >= 15 is 0 Å². The van der Waals surface area contributed by atoms with Crippen LogP contribution in [-0.4, -0.2) is 0 Å². The second-order valence-electron chi connectivity index (χ2n) is 3.15. The molecule has 0 aromatic heterocycles. The molecule has 1 heterocycles. The van der Waals surface area contributed by atoms with E-state index in [9.17, 15) is 0 Å². The monoisotopic (exact) mass is 195 g/mol. The molecule has 2 rings (SSSR count). The van der Waals surface area contributed by atoms with E-state index in [-0.39, 0.29) is 12.4 Å². The van der Waals surface area contributed by atoms with Crippen LogP contribution in [0.15, 0.2) is 30.9 Å². The summed E-state index contributed by atoms with van der Waals surface area (Å²) in [5, 5.41) is 3.35. The van der Waals surface area contributed by atoms with Crippen molar-refractivity contribution in [2.75, 3.05) is 0 Å². The minimum absolute atomic E-state index is 0. The van der Waals surface area contributed by atoms with Crippen molar-refractivity contribution in [2.45, 2.75) is 19.5 Å². The maximum Gasteiger partial charge on any atom is 0.0214 e. The Balaban J connectivity index is 0.000000845. The Morgan fingerprint density at radius 2 is 2.23 bits per heavy atom. The highest BCUT2D eigenvalue weighted by Crippen LogP contribution is 2.20. The molecule has 0 fully saturated rings. The molecule has 2 heteroatoms. The zero-order chi connectivity index (χ0) is 8.39. The van der Waals surface area contributed by atoms with Crippen LogP contribution < -0.4 is 5.32 Å². The molecule has 0 aliphatic carbocycles. The van der Waals surface area contributed by atoms with Gasteiger partial charge in [0.2, 0.25) is 0 Å². The molecular weight excluding hydrogens is 182 g/mol. The predicted molar refractivity (Wildman–Crippen MR) is 58.1 cm³/mol. The van der Waals surface area contributed by atoms with Gasteiger partial charge in [-0.1, -0.05) is 24.3 Å². The first-order valence-corrected chi connectivity index (χ1v) is 4.33. The molecule has 70 valence electrons. The largest absolute Gasteiger partial charge is 0.309 e. The zero-order valence-corrected chi connectivity index (χ0v) is 8.36. The van der Waals surface area contributed by atoms with Gasteiger partial charge >= 0.3 is 0 Å². The fourth-order valence-corrected chi connectivity index (χ4v) is 1.75. The molecule has 0 unspecified atom stereocenters. The Morgan fingerprint density at radius 1 is 1.38 bits per heavy atom. The van der Waals surface area contributed by atoms with Crippen LogP contribution in [0.5, 0.6) is 0 Å². The summed E-state index contributed by atoms with van der Waals surface area (Å²) in [4.78, 5) is 0. The third-order valence-electron chi connectivity index (χ3n) is 2.35. The van der Waals surface area contributed by atoms with Gasteiger partial charge in [0.1, 0.15) is 0 Å². The highest BCUT2D eigenvalue weighted by molar-refractivity contribution is 5.85. The summed E-state index contributed by atoms with van der Waals surface area (Å²) in [5.41, 5.74) is 4.36. The van der Waals surface area contributed by atoms with Crippen molar-refractivity contribution >= 4 is 12.4 Å². The van der Waals surface area contributed by atoms with E-state index in [1.165, 1.54) is 16.7 Å². The van der Waals surface area contributed by atoms with Gasteiger partial charge in [-0.15, -0.1) is 19.0 Å². The lowest BCUT2D eigenvalue weighted by Gasteiger charge is -2.03. The van der Waals surface area contributed by atoms with Gasteiger partial charge in [0.25, 0.3) is 0 Å². The Morgan fingerprint density at radius 3 is 3.00 bits per heavy atom. The van der Waals surface area contributed by atoms with Gasteiger partial charge in [-0.3, -0.25) is 0 Å². The van der Waals surface area contributed by atoms with E-state index in [1.807, 2.05) is 6.08 Å². The van der Waals surface area contributed by atoms with Gasteiger partial charge in [0.05, 0.1) is 0 Å². The average Bonchev–Trinajstić information content (AvgIpc) is 2.53. The summed E-state index contributed by atoms with van der Waals surface area (Å²) in [6.45, 7) is 5.82. The second kappa shape index (κ2) is 4.45. The van der Waals surface area contributed by atoms with E-state index in [2.05, 4.69) is 30.1 Å². The lowest BCUT2D eigenvalue weighted by atomic mass is 10.0. The summed E-state index contributed by atoms with van der Waals surface area (Å²) in [6.07, 6.45) is 2.96. The first-order chi connectivity index (χ1) is 5.92. The molecule has 0 spiro atoms. The van der Waals surface area contributed by atoms with Crippen molar-refractivity contribution in [2.24, 2.45) is 0 Å². The van der Waals surface area contributed by atoms with Crippen molar-refractivity contribution in [3.63, 3.8) is 0 Å². The number of rotatable bonds is 2. The minimum Gasteiger partial charge on any atom is -0.309 e. The quantitative estimate of drug-likeness (QED) is 0.715. The SMILES string of the molecule is C=CCc1cccc2c1CNC2.Cl. The Bertz CT molecular complexity index is 307. The third kappa shape index (κ3) is 1.93. The Kier molecular flexibility index (Phi) is 3.52. The van der Waals surface area contributed by atoms with E-state index in [0.717, 1.165) is 19.5 Å². The number of fused-ring (bicyclic) bond motifs is 1. The van der Waals surface area contributed by atoms with Gasteiger partial charge in [-0.25, -0.2) is 0 Å². The predicted octanol–water partition coefficient (Wildman–Crippen LogP) is 2.44. The molecule has 1 nitrogen and oxygen atoms in total. The fraction of sp³-hybridized carbons (Fsp3) is 0.273. The number of benzene rings is 1. The van der Waals surface area contributed by atoms with Crippen molar-refractivity contribution in [1.29, 1.82) is 0 Å². The normalized spacial score (nSPS) is 13.2. The Labute approximate surface area is 85.3 Å². The number of allylic oxidation sites excluding steroid dienone is 1. The number of hydrogen-bond donors (Lipinski definition) is 1. The summed E-state index contributed by atoms with van der Waals surface area (Å²) in [5.74, 6) is 0. The molecule has 13 heavy (non-hydrogen) atoms. The Hall–Kier alpha value is -0.790. The van der Waals surface area contributed by atoms with Crippen molar-refractivity contribution in [3.8, 4) is 0 Å². The van der Waals surface area contributed by atoms with Crippen LogP contribution in [0.3, 0.4) is 0 Å². The molecule has 1 aliphatic rings. The van der Waals surface area contributed by atoms with Crippen LogP contribution in [-0.2, 0) is 19.5 Å². The molecule has 0 atom stereocenters. The van der Waals surface area contributed by atoms with Crippen molar-refractivity contribution in [1.82, 2.24) is 5.32 Å². The molecule has 1 aromatic rings. The van der Waals surface area contributed by atoms with E-state index in [4.69, 9.17) is 0 Å². The average molecular weight is 196 g/mol. The van der Waals surface area contributed by atoms with E-state index in [1.54, 1.807) is 0 Å². The van der Waals surface area contributed by atoms with Gasteiger partial charge in [0, 0.05) is 13.1 Å². The first-order valence-electron chi connectivity index (χ1n) is 4.33. The van der Waals surface area contributed by atoms with Crippen molar-refractivity contribution in [3.05, 3.63) is 47.5 Å². The number of nitrogens with one attached hydrogen (secondary N) is 1. The first kappa shape index (κ1) is 10.3. The number of halogens is 1. The van der Waals surface area contributed by atoms with Gasteiger partial charge in [-0.05, 0) is 23.1 Å².